The van der Waals surface area contributed by atoms with Gasteiger partial charge in [-0.25, -0.2) is 9.18 Å². The molecule has 11 heteroatoms. The van der Waals surface area contributed by atoms with Crippen molar-refractivity contribution in [2.24, 2.45) is 17.6 Å². The van der Waals surface area contributed by atoms with Crippen molar-refractivity contribution < 1.29 is 40.3 Å². The van der Waals surface area contributed by atoms with E-state index in [1.165, 1.54) is 17.0 Å². The normalized spacial score (nSPS) is 24.9. The molecule has 2 aromatic carbocycles. The van der Waals surface area contributed by atoms with Crippen molar-refractivity contribution in [3.05, 3.63) is 70.5 Å². The molecular formula is C24H23F7N2O2. The third-order valence-electron chi connectivity index (χ3n) is 6.85. The molecule has 4 nitrogen and oxygen atoms in total. The quantitative estimate of drug-likeness (QED) is 0.523. The predicted molar refractivity (Wildman–Crippen MR) is 112 cm³/mol. The zero-order chi connectivity index (χ0) is 25.5. The molecule has 1 saturated heterocycles. The van der Waals surface area contributed by atoms with Crippen LogP contribution in [0.25, 0.3) is 0 Å². The number of primary amides is 1. The van der Waals surface area contributed by atoms with Gasteiger partial charge < -0.3 is 15.4 Å². The van der Waals surface area contributed by atoms with Gasteiger partial charge in [0.1, 0.15) is 5.82 Å². The van der Waals surface area contributed by atoms with Crippen LogP contribution < -0.4 is 5.73 Å². The third kappa shape index (κ3) is 5.55. The summed E-state index contributed by atoms with van der Waals surface area (Å²) >= 11 is 0. The topological polar surface area (TPSA) is 55.6 Å². The highest BCUT2D eigenvalue weighted by Gasteiger charge is 2.46. The molecule has 2 aromatic rings. The highest BCUT2D eigenvalue weighted by Crippen LogP contribution is 2.47. The summed E-state index contributed by atoms with van der Waals surface area (Å²) in [5, 5.41) is 0. The van der Waals surface area contributed by atoms with Gasteiger partial charge in [0.05, 0.1) is 23.8 Å². The minimum Gasteiger partial charge on any atom is -0.373 e. The summed E-state index contributed by atoms with van der Waals surface area (Å²) in [6.07, 6.45) is -9.34. The van der Waals surface area contributed by atoms with Crippen LogP contribution in [0.3, 0.4) is 0 Å². The molecule has 2 aliphatic rings. The number of nitrogens with zero attached hydrogens (tertiary/aromatic N) is 1. The molecule has 1 saturated carbocycles. The Morgan fingerprint density at radius 1 is 0.943 bits per heavy atom. The van der Waals surface area contributed by atoms with Crippen LogP contribution in [0.1, 0.15) is 41.0 Å². The van der Waals surface area contributed by atoms with Gasteiger partial charge in [-0.3, -0.25) is 0 Å². The van der Waals surface area contributed by atoms with E-state index in [9.17, 15) is 35.5 Å². The zero-order valence-corrected chi connectivity index (χ0v) is 18.4. The summed E-state index contributed by atoms with van der Waals surface area (Å²) in [5.41, 5.74) is 3.10. The molecule has 0 unspecified atom stereocenters. The van der Waals surface area contributed by atoms with E-state index < -0.39 is 48.0 Å². The van der Waals surface area contributed by atoms with Gasteiger partial charge in [0.25, 0.3) is 0 Å². The van der Waals surface area contributed by atoms with Gasteiger partial charge in [0.15, 0.2) is 0 Å². The first-order valence-electron chi connectivity index (χ1n) is 11.0. The number of benzene rings is 2. The van der Waals surface area contributed by atoms with Gasteiger partial charge in [0, 0.05) is 19.0 Å². The van der Waals surface area contributed by atoms with Gasteiger partial charge in [0.2, 0.25) is 0 Å². The molecule has 1 aliphatic carbocycles. The molecule has 35 heavy (non-hydrogen) atoms. The van der Waals surface area contributed by atoms with Crippen molar-refractivity contribution in [3.8, 4) is 0 Å². The smallest absolute Gasteiger partial charge is 0.373 e. The summed E-state index contributed by atoms with van der Waals surface area (Å²) in [7, 11) is 0. The van der Waals surface area contributed by atoms with Crippen LogP contribution in [0, 0.1) is 17.7 Å². The van der Waals surface area contributed by atoms with Crippen LogP contribution in [0.15, 0.2) is 42.5 Å². The van der Waals surface area contributed by atoms with Crippen molar-refractivity contribution in [1.82, 2.24) is 4.90 Å². The molecule has 0 aromatic heterocycles. The van der Waals surface area contributed by atoms with Crippen molar-refractivity contribution in [1.29, 1.82) is 0 Å². The monoisotopic (exact) mass is 504 g/mol. The SMILES string of the molecule is NC(=O)N1C[C@H]2CC[C@H](OCc3cc(C(F)(F)F)cc(C(F)(F)F)c3)[C@@H](c3ccc(F)cc3)[C@@H]2C1. The summed E-state index contributed by atoms with van der Waals surface area (Å²) in [6, 6.07) is 6.52. The number of ether oxygens (including phenoxy) is 1. The number of urea groups is 1. The molecule has 0 radical (unpaired) electrons. The molecule has 2 fully saturated rings. The van der Waals surface area contributed by atoms with Crippen LogP contribution in [-0.4, -0.2) is 30.1 Å². The minimum atomic E-state index is -4.95. The molecule has 190 valence electrons. The van der Waals surface area contributed by atoms with Crippen molar-refractivity contribution in [3.63, 3.8) is 0 Å². The lowest BCUT2D eigenvalue weighted by molar-refractivity contribution is -0.143. The summed E-state index contributed by atoms with van der Waals surface area (Å²) in [4.78, 5) is 13.2. The fraction of sp³-hybridized carbons (Fsp3) is 0.458. The third-order valence-corrected chi connectivity index (χ3v) is 6.85. The average Bonchev–Trinajstić information content (AvgIpc) is 3.21. The van der Waals surface area contributed by atoms with Crippen molar-refractivity contribution >= 4 is 6.03 Å². The predicted octanol–water partition coefficient (Wildman–Crippen LogP) is 5.95. The maximum atomic E-state index is 13.5. The second kappa shape index (κ2) is 9.33. The van der Waals surface area contributed by atoms with Gasteiger partial charge >= 0.3 is 18.4 Å². The number of alkyl halides is 6. The van der Waals surface area contributed by atoms with Crippen LogP contribution in [-0.2, 0) is 23.7 Å². The Hall–Kier alpha value is -2.82. The van der Waals surface area contributed by atoms with E-state index >= 15 is 0 Å². The Balaban J connectivity index is 1.61. The number of amides is 2. The molecule has 2 amide bonds. The fourth-order valence-electron chi connectivity index (χ4n) is 5.26. The van der Waals surface area contributed by atoms with Gasteiger partial charge in [-0.15, -0.1) is 0 Å². The second-order valence-electron chi connectivity index (χ2n) is 9.09. The zero-order valence-electron chi connectivity index (χ0n) is 18.4. The average molecular weight is 504 g/mol. The lowest BCUT2D eigenvalue weighted by atomic mass is 9.69. The molecule has 1 heterocycles. The minimum absolute atomic E-state index is 0.0764. The van der Waals surface area contributed by atoms with E-state index in [0.29, 0.717) is 38.1 Å². The fourth-order valence-corrected chi connectivity index (χ4v) is 5.26. The molecule has 4 atom stereocenters. The number of hydrogen-bond donors (Lipinski definition) is 1. The highest BCUT2D eigenvalue weighted by atomic mass is 19.4. The Labute approximate surface area is 196 Å². The number of fused-ring (bicyclic) bond motifs is 1. The van der Waals surface area contributed by atoms with E-state index in [4.69, 9.17) is 10.5 Å². The number of hydrogen-bond acceptors (Lipinski definition) is 2. The summed E-state index contributed by atoms with van der Waals surface area (Å²) < 4.78 is 98.8. The number of carbonyl (C=O) groups is 1. The van der Waals surface area contributed by atoms with Crippen molar-refractivity contribution in [2.75, 3.05) is 13.1 Å². The molecule has 0 spiro atoms. The lowest BCUT2D eigenvalue weighted by Gasteiger charge is -2.39. The molecule has 2 N–H and O–H groups in total. The second-order valence-corrected chi connectivity index (χ2v) is 9.09. The first kappa shape index (κ1) is 25.3. The molecule has 1 aliphatic heterocycles. The first-order valence-corrected chi connectivity index (χ1v) is 11.0. The Morgan fingerprint density at radius 2 is 1.54 bits per heavy atom. The van der Waals surface area contributed by atoms with E-state index in [1.54, 1.807) is 12.1 Å². The summed E-state index contributed by atoms with van der Waals surface area (Å²) in [6.45, 7) is 0.322. The number of halogens is 7. The summed E-state index contributed by atoms with van der Waals surface area (Å²) in [5.74, 6) is -0.791. The maximum absolute atomic E-state index is 13.5. The van der Waals surface area contributed by atoms with Crippen LogP contribution in [0.5, 0.6) is 0 Å². The molecular weight excluding hydrogens is 481 g/mol. The van der Waals surface area contributed by atoms with Crippen LogP contribution in [0.2, 0.25) is 0 Å². The van der Waals surface area contributed by atoms with E-state index in [1.807, 2.05) is 0 Å². The number of nitrogens with two attached hydrogens (primary N) is 1. The molecule has 0 bridgehead atoms. The van der Waals surface area contributed by atoms with Crippen LogP contribution in [0.4, 0.5) is 35.5 Å². The highest BCUT2D eigenvalue weighted by molar-refractivity contribution is 5.72. The van der Waals surface area contributed by atoms with Gasteiger partial charge in [-0.05, 0) is 66.1 Å². The standard InChI is InChI=1S/C24H23F7N2O2/c25-18-4-1-14(2-5-18)21-19-11-33(22(32)34)10-15(19)3-6-20(21)35-12-13-7-16(23(26,27)28)9-17(8-13)24(29,30)31/h1-2,4-5,7-9,15,19-21H,3,6,10-12H2,(H2,32,34)/t15-,19-,20+,21+/m1/s1. The molecule has 4 rings (SSSR count). The number of carbonyl (C=O) groups excluding carboxylic acids is 1. The van der Waals surface area contributed by atoms with Crippen LogP contribution >= 0.6 is 0 Å². The van der Waals surface area contributed by atoms with E-state index in [2.05, 4.69) is 0 Å². The Bertz CT molecular complexity index is 1040. The Kier molecular flexibility index (Phi) is 6.74. The van der Waals surface area contributed by atoms with Gasteiger partial charge in [-0.2, -0.15) is 26.3 Å². The number of rotatable bonds is 4. The van der Waals surface area contributed by atoms with E-state index in [0.717, 1.165) is 5.56 Å². The lowest BCUT2D eigenvalue weighted by Crippen LogP contribution is -2.38. The van der Waals surface area contributed by atoms with Gasteiger partial charge in [-0.1, -0.05) is 12.1 Å². The first-order chi connectivity index (χ1) is 16.3. The Morgan fingerprint density at radius 3 is 2.09 bits per heavy atom. The van der Waals surface area contributed by atoms with Crippen molar-refractivity contribution in [2.45, 2.75) is 43.8 Å². The maximum Gasteiger partial charge on any atom is 0.416 e. The van der Waals surface area contributed by atoms with E-state index in [-0.39, 0.29) is 29.4 Å². The number of likely N-dealkylation sites (tertiary alicyclic amines) is 1. The largest absolute Gasteiger partial charge is 0.416 e.